The smallest absolute Gasteiger partial charge is 0.234 e. The van der Waals surface area contributed by atoms with Crippen LogP contribution in [0.15, 0.2) is 28.6 Å². The fourth-order valence-electron chi connectivity index (χ4n) is 1.95. The highest BCUT2D eigenvalue weighted by Crippen LogP contribution is 2.25. The predicted molar refractivity (Wildman–Crippen MR) is 98.5 cm³/mol. The molecule has 0 aliphatic carbocycles. The van der Waals surface area contributed by atoms with Gasteiger partial charge in [0.25, 0.3) is 0 Å². The van der Waals surface area contributed by atoms with E-state index in [1.807, 2.05) is 19.1 Å². The standard InChI is InChI=1S/C16H22N4OS2/c1-3-5-6-12-7-9-13(10-8-12)18-14(21)11-22-16-20-19-15(23-16)17-4-2/h7-10H,3-6,11H2,1-2H3,(H,17,19)(H,18,21). The molecular weight excluding hydrogens is 328 g/mol. The third-order valence-electron chi connectivity index (χ3n) is 3.12. The summed E-state index contributed by atoms with van der Waals surface area (Å²) in [6, 6.07) is 8.07. The first-order valence-corrected chi connectivity index (χ1v) is 9.60. The largest absolute Gasteiger partial charge is 0.360 e. The van der Waals surface area contributed by atoms with Crippen LogP contribution in [0.25, 0.3) is 0 Å². The maximum absolute atomic E-state index is 12.0. The van der Waals surface area contributed by atoms with Crippen LogP contribution in [0.2, 0.25) is 0 Å². The van der Waals surface area contributed by atoms with Gasteiger partial charge < -0.3 is 10.6 Å². The van der Waals surface area contributed by atoms with Crippen LogP contribution in [0.4, 0.5) is 10.8 Å². The van der Waals surface area contributed by atoms with Crippen LogP contribution in [0, 0.1) is 0 Å². The van der Waals surface area contributed by atoms with Gasteiger partial charge in [-0.2, -0.15) is 0 Å². The van der Waals surface area contributed by atoms with Gasteiger partial charge in [0.2, 0.25) is 11.0 Å². The molecule has 0 radical (unpaired) electrons. The van der Waals surface area contributed by atoms with Gasteiger partial charge in [-0.25, -0.2) is 0 Å². The summed E-state index contributed by atoms with van der Waals surface area (Å²) in [6.45, 7) is 5.01. The summed E-state index contributed by atoms with van der Waals surface area (Å²) < 4.78 is 0.797. The van der Waals surface area contributed by atoms with Gasteiger partial charge in [0, 0.05) is 12.2 Å². The van der Waals surface area contributed by atoms with E-state index in [4.69, 9.17) is 0 Å². The Morgan fingerprint density at radius 1 is 1.22 bits per heavy atom. The monoisotopic (exact) mass is 350 g/mol. The molecule has 0 spiro atoms. The SMILES string of the molecule is CCCCc1ccc(NC(=O)CSc2nnc(NCC)s2)cc1. The second-order valence-corrected chi connectivity index (χ2v) is 7.24. The zero-order chi connectivity index (χ0) is 16.5. The molecule has 0 fully saturated rings. The Morgan fingerprint density at radius 3 is 2.70 bits per heavy atom. The average Bonchev–Trinajstić information content (AvgIpc) is 3.00. The highest BCUT2D eigenvalue weighted by Gasteiger charge is 2.08. The number of rotatable bonds is 9. The molecule has 5 nitrogen and oxygen atoms in total. The lowest BCUT2D eigenvalue weighted by Crippen LogP contribution is -2.13. The van der Waals surface area contributed by atoms with Crippen molar-refractivity contribution in [1.29, 1.82) is 0 Å². The number of aryl methyl sites for hydroxylation is 1. The maximum atomic E-state index is 12.0. The van der Waals surface area contributed by atoms with Gasteiger partial charge in [-0.3, -0.25) is 4.79 Å². The Bertz CT molecular complexity index is 613. The molecule has 1 amide bonds. The molecule has 0 aliphatic rings. The number of nitrogens with zero attached hydrogens (tertiary/aromatic N) is 2. The summed E-state index contributed by atoms with van der Waals surface area (Å²) in [4.78, 5) is 12.0. The minimum absolute atomic E-state index is 0.0310. The fraction of sp³-hybridized carbons (Fsp3) is 0.438. The van der Waals surface area contributed by atoms with E-state index < -0.39 is 0 Å². The van der Waals surface area contributed by atoms with Crippen molar-refractivity contribution in [2.75, 3.05) is 22.9 Å². The Kier molecular flexibility index (Phi) is 7.35. The van der Waals surface area contributed by atoms with E-state index in [-0.39, 0.29) is 5.91 Å². The highest BCUT2D eigenvalue weighted by atomic mass is 32.2. The predicted octanol–water partition coefficient (Wildman–Crippen LogP) is 4.04. The summed E-state index contributed by atoms with van der Waals surface area (Å²) in [6.07, 6.45) is 3.47. The number of benzene rings is 1. The van der Waals surface area contributed by atoms with Crippen LogP contribution in [0.1, 0.15) is 32.3 Å². The lowest BCUT2D eigenvalue weighted by atomic mass is 10.1. The van der Waals surface area contributed by atoms with Crippen LogP contribution in [0.3, 0.4) is 0 Å². The van der Waals surface area contributed by atoms with Gasteiger partial charge in [-0.05, 0) is 37.5 Å². The van der Waals surface area contributed by atoms with E-state index in [9.17, 15) is 4.79 Å². The fourth-order valence-corrected chi connectivity index (χ4v) is 3.57. The molecule has 0 aliphatic heterocycles. The molecule has 1 aromatic carbocycles. The third-order valence-corrected chi connectivity index (χ3v) is 5.13. The van der Waals surface area contributed by atoms with Gasteiger partial charge in [0.15, 0.2) is 4.34 Å². The second kappa shape index (κ2) is 9.52. The highest BCUT2D eigenvalue weighted by molar-refractivity contribution is 8.01. The summed E-state index contributed by atoms with van der Waals surface area (Å²) in [5.41, 5.74) is 2.14. The van der Waals surface area contributed by atoms with E-state index >= 15 is 0 Å². The topological polar surface area (TPSA) is 66.9 Å². The van der Waals surface area contributed by atoms with Crippen molar-refractivity contribution >= 4 is 39.8 Å². The minimum atomic E-state index is -0.0310. The molecule has 0 saturated heterocycles. The number of unbranched alkanes of at least 4 members (excludes halogenated alkanes) is 1. The molecule has 7 heteroatoms. The molecule has 2 rings (SSSR count). The number of nitrogens with one attached hydrogen (secondary N) is 2. The summed E-state index contributed by atoms with van der Waals surface area (Å²) >= 11 is 2.87. The van der Waals surface area contributed by atoms with Crippen molar-refractivity contribution in [3.05, 3.63) is 29.8 Å². The van der Waals surface area contributed by atoms with Crippen LogP contribution >= 0.6 is 23.1 Å². The van der Waals surface area contributed by atoms with E-state index in [1.54, 1.807) is 0 Å². The van der Waals surface area contributed by atoms with Gasteiger partial charge in [-0.15, -0.1) is 10.2 Å². The summed E-state index contributed by atoms with van der Waals surface area (Å²) in [7, 11) is 0. The molecule has 23 heavy (non-hydrogen) atoms. The molecule has 0 unspecified atom stereocenters. The summed E-state index contributed by atoms with van der Waals surface area (Å²) in [5, 5.41) is 14.9. The maximum Gasteiger partial charge on any atom is 0.234 e. The van der Waals surface area contributed by atoms with Crippen molar-refractivity contribution in [1.82, 2.24) is 10.2 Å². The first-order valence-electron chi connectivity index (χ1n) is 7.80. The Morgan fingerprint density at radius 2 is 2.00 bits per heavy atom. The van der Waals surface area contributed by atoms with Crippen molar-refractivity contribution < 1.29 is 4.79 Å². The molecule has 2 aromatic rings. The molecular formula is C16H22N4OS2. The van der Waals surface area contributed by atoms with Crippen LogP contribution in [-0.4, -0.2) is 28.4 Å². The Hall–Kier alpha value is -1.60. The van der Waals surface area contributed by atoms with Crippen LogP contribution in [0.5, 0.6) is 0 Å². The van der Waals surface area contributed by atoms with Gasteiger partial charge in [0.05, 0.1) is 5.75 Å². The summed E-state index contributed by atoms with van der Waals surface area (Å²) in [5.74, 6) is 0.301. The zero-order valence-corrected chi connectivity index (χ0v) is 15.1. The number of anilines is 2. The average molecular weight is 351 g/mol. The Balaban J connectivity index is 1.77. The number of amides is 1. The lowest BCUT2D eigenvalue weighted by Gasteiger charge is -2.05. The zero-order valence-electron chi connectivity index (χ0n) is 13.5. The van der Waals surface area contributed by atoms with Gasteiger partial charge >= 0.3 is 0 Å². The van der Waals surface area contributed by atoms with E-state index in [0.29, 0.717) is 5.75 Å². The quantitative estimate of drug-likeness (QED) is 0.668. The first kappa shape index (κ1) is 17.7. The normalized spacial score (nSPS) is 10.5. The van der Waals surface area contributed by atoms with E-state index in [1.165, 1.54) is 41.5 Å². The number of carbonyl (C=O) groups excluding carboxylic acids is 1. The van der Waals surface area contributed by atoms with Crippen molar-refractivity contribution in [3.8, 4) is 0 Å². The van der Waals surface area contributed by atoms with Crippen LogP contribution < -0.4 is 10.6 Å². The third kappa shape index (κ3) is 6.19. The van der Waals surface area contributed by atoms with E-state index in [2.05, 4.69) is 39.9 Å². The minimum Gasteiger partial charge on any atom is -0.360 e. The van der Waals surface area contributed by atoms with Gasteiger partial charge in [-0.1, -0.05) is 48.6 Å². The molecule has 0 saturated carbocycles. The van der Waals surface area contributed by atoms with Crippen molar-refractivity contribution in [2.24, 2.45) is 0 Å². The molecule has 2 N–H and O–H groups in total. The first-order chi connectivity index (χ1) is 11.2. The second-order valence-electron chi connectivity index (χ2n) is 5.04. The number of carbonyl (C=O) groups is 1. The molecule has 124 valence electrons. The number of aromatic nitrogens is 2. The molecule has 0 atom stereocenters. The lowest BCUT2D eigenvalue weighted by molar-refractivity contribution is -0.113. The Labute approximate surface area is 145 Å². The van der Waals surface area contributed by atoms with Crippen molar-refractivity contribution in [3.63, 3.8) is 0 Å². The van der Waals surface area contributed by atoms with Gasteiger partial charge in [0.1, 0.15) is 0 Å². The molecule has 0 bridgehead atoms. The van der Waals surface area contributed by atoms with Crippen molar-refractivity contribution in [2.45, 2.75) is 37.4 Å². The number of thioether (sulfide) groups is 1. The number of hydrogen-bond acceptors (Lipinski definition) is 6. The van der Waals surface area contributed by atoms with Crippen LogP contribution in [-0.2, 0) is 11.2 Å². The number of hydrogen-bond donors (Lipinski definition) is 2. The molecule has 1 heterocycles. The molecule has 1 aromatic heterocycles. The van der Waals surface area contributed by atoms with E-state index in [0.717, 1.165) is 28.1 Å².